The highest BCUT2D eigenvalue weighted by molar-refractivity contribution is 5.92. The SMILES string of the molecule is CCN1CCN(C(=O)c2cc(C)nc(NC3CCCC3)n2)CC1. The van der Waals surface area contributed by atoms with Crippen LogP contribution in [-0.4, -0.2) is 64.4 Å². The van der Waals surface area contributed by atoms with Crippen molar-refractivity contribution in [3.63, 3.8) is 0 Å². The number of rotatable bonds is 4. The molecule has 2 heterocycles. The topological polar surface area (TPSA) is 61.4 Å². The maximum Gasteiger partial charge on any atom is 0.272 e. The van der Waals surface area contributed by atoms with E-state index in [9.17, 15) is 4.79 Å². The van der Waals surface area contributed by atoms with Gasteiger partial charge >= 0.3 is 0 Å². The Morgan fingerprint density at radius 2 is 1.91 bits per heavy atom. The lowest BCUT2D eigenvalue weighted by atomic mass is 10.2. The van der Waals surface area contributed by atoms with E-state index in [0.29, 0.717) is 17.7 Å². The molecular formula is C17H27N5O. The van der Waals surface area contributed by atoms with E-state index in [1.807, 2.05) is 11.8 Å². The van der Waals surface area contributed by atoms with Gasteiger partial charge in [0.15, 0.2) is 0 Å². The Kier molecular flexibility index (Phi) is 5.10. The second kappa shape index (κ2) is 7.25. The number of nitrogens with one attached hydrogen (secondary N) is 1. The van der Waals surface area contributed by atoms with Gasteiger partial charge in [-0.15, -0.1) is 0 Å². The summed E-state index contributed by atoms with van der Waals surface area (Å²) in [5.74, 6) is 0.633. The predicted molar refractivity (Wildman–Crippen MR) is 90.7 cm³/mol. The van der Waals surface area contributed by atoms with Crippen LogP contribution in [0.15, 0.2) is 6.07 Å². The van der Waals surface area contributed by atoms with Crippen molar-refractivity contribution in [2.45, 2.75) is 45.6 Å². The third-order valence-corrected chi connectivity index (χ3v) is 4.87. The molecule has 0 radical (unpaired) electrons. The lowest BCUT2D eigenvalue weighted by molar-refractivity contribution is 0.0637. The molecule has 2 fully saturated rings. The number of carbonyl (C=O) groups is 1. The normalized spacial score (nSPS) is 20.0. The van der Waals surface area contributed by atoms with Crippen LogP contribution >= 0.6 is 0 Å². The first kappa shape index (κ1) is 16.2. The Balaban J connectivity index is 1.68. The predicted octanol–water partition coefficient (Wildman–Crippen LogP) is 1.92. The van der Waals surface area contributed by atoms with Crippen LogP contribution in [0.3, 0.4) is 0 Å². The maximum absolute atomic E-state index is 12.7. The zero-order chi connectivity index (χ0) is 16.2. The largest absolute Gasteiger partial charge is 0.351 e. The van der Waals surface area contributed by atoms with Gasteiger partial charge in [0.1, 0.15) is 5.69 Å². The van der Waals surface area contributed by atoms with Crippen LogP contribution in [0.2, 0.25) is 0 Å². The highest BCUT2D eigenvalue weighted by atomic mass is 16.2. The van der Waals surface area contributed by atoms with Crippen LogP contribution < -0.4 is 5.32 Å². The lowest BCUT2D eigenvalue weighted by Crippen LogP contribution is -2.48. The second-order valence-electron chi connectivity index (χ2n) is 6.57. The molecule has 2 aliphatic rings. The van der Waals surface area contributed by atoms with E-state index in [-0.39, 0.29) is 5.91 Å². The van der Waals surface area contributed by atoms with Crippen molar-refractivity contribution >= 4 is 11.9 Å². The minimum atomic E-state index is 0.0284. The molecule has 6 heteroatoms. The van der Waals surface area contributed by atoms with Gasteiger partial charge in [-0.05, 0) is 32.4 Å². The molecule has 3 rings (SSSR count). The fraction of sp³-hybridized carbons (Fsp3) is 0.706. The first-order valence-electron chi connectivity index (χ1n) is 8.79. The van der Waals surface area contributed by atoms with Gasteiger partial charge in [-0.25, -0.2) is 9.97 Å². The fourth-order valence-corrected chi connectivity index (χ4v) is 3.42. The number of aromatic nitrogens is 2. The molecule has 1 aromatic heterocycles. The molecule has 0 spiro atoms. The summed E-state index contributed by atoms with van der Waals surface area (Å²) in [7, 11) is 0. The van der Waals surface area contributed by atoms with Gasteiger partial charge in [-0.3, -0.25) is 4.79 Å². The summed E-state index contributed by atoms with van der Waals surface area (Å²) >= 11 is 0. The van der Waals surface area contributed by atoms with Crippen LogP contribution in [-0.2, 0) is 0 Å². The van der Waals surface area contributed by atoms with Gasteiger partial charge in [0.25, 0.3) is 5.91 Å². The van der Waals surface area contributed by atoms with E-state index in [2.05, 4.69) is 27.1 Å². The van der Waals surface area contributed by atoms with Crippen LogP contribution in [0, 0.1) is 6.92 Å². The molecule has 1 amide bonds. The first-order valence-corrected chi connectivity index (χ1v) is 8.79. The molecule has 0 unspecified atom stereocenters. The van der Waals surface area contributed by atoms with Crippen molar-refractivity contribution in [1.29, 1.82) is 0 Å². The molecule has 1 N–H and O–H groups in total. The Labute approximate surface area is 138 Å². The highest BCUT2D eigenvalue weighted by Gasteiger charge is 2.23. The molecule has 1 saturated heterocycles. The molecule has 1 aliphatic heterocycles. The standard InChI is InChI=1S/C17H27N5O/c1-3-21-8-10-22(11-9-21)16(23)15-12-13(2)18-17(20-15)19-14-6-4-5-7-14/h12,14H,3-11H2,1-2H3,(H,18,19,20). The minimum Gasteiger partial charge on any atom is -0.351 e. The average molecular weight is 317 g/mol. The van der Waals surface area contributed by atoms with Crippen LogP contribution in [0.1, 0.15) is 48.8 Å². The number of amides is 1. The van der Waals surface area contributed by atoms with E-state index in [1.165, 1.54) is 25.7 Å². The maximum atomic E-state index is 12.7. The van der Waals surface area contributed by atoms with Gasteiger partial charge in [0.2, 0.25) is 5.95 Å². The van der Waals surface area contributed by atoms with Crippen molar-refractivity contribution < 1.29 is 4.79 Å². The summed E-state index contributed by atoms with van der Waals surface area (Å²) in [5, 5.41) is 3.39. The molecule has 1 saturated carbocycles. The molecular weight excluding hydrogens is 290 g/mol. The second-order valence-corrected chi connectivity index (χ2v) is 6.57. The van der Waals surface area contributed by atoms with E-state index < -0.39 is 0 Å². The van der Waals surface area contributed by atoms with Crippen LogP contribution in [0.4, 0.5) is 5.95 Å². The summed E-state index contributed by atoms with van der Waals surface area (Å²) in [6, 6.07) is 2.25. The number of likely N-dealkylation sites (N-methyl/N-ethyl adjacent to an activating group) is 1. The number of aryl methyl sites for hydroxylation is 1. The van der Waals surface area contributed by atoms with Gasteiger partial charge < -0.3 is 15.1 Å². The Hall–Kier alpha value is -1.69. The summed E-state index contributed by atoms with van der Waals surface area (Å²) in [6.07, 6.45) is 4.85. The lowest BCUT2D eigenvalue weighted by Gasteiger charge is -2.33. The van der Waals surface area contributed by atoms with Gasteiger partial charge in [-0.1, -0.05) is 19.8 Å². The van der Waals surface area contributed by atoms with Gasteiger partial charge in [0.05, 0.1) is 0 Å². The number of carbonyl (C=O) groups excluding carboxylic acids is 1. The molecule has 0 aromatic carbocycles. The molecule has 126 valence electrons. The van der Waals surface area contributed by atoms with E-state index in [0.717, 1.165) is 38.4 Å². The van der Waals surface area contributed by atoms with E-state index in [4.69, 9.17) is 0 Å². The summed E-state index contributed by atoms with van der Waals surface area (Å²) in [6.45, 7) is 8.57. The van der Waals surface area contributed by atoms with Crippen LogP contribution in [0.25, 0.3) is 0 Å². The first-order chi connectivity index (χ1) is 11.2. The van der Waals surface area contributed by atoms with Gasteiger partial charge in [-0.2, -0.15) is 0 Å². The summed E-state index contributed by atoms with van der Waals surface area (Å²) < 4.78 is 0. The van der Waals surface area contributed by atoms with Crippen LogP contribution in [0.5, 0.6) is 0 Å². The Morgan fingerprint density at radius 3 is 2.57 bits per heavy atom. The monoisotopic (exact) mass is 317 g/mol. The molecule has 23 heavy (non-hydrogen) atoms. The van der Waals surface area contributed by atoms with E-state index in [1.54, 1.807) is 6.07 Å². The third kappa shape index (κ3) is 3.99. The average Bonchev–Trinajstić information content (AvgIpc) is 3.06. The molecule has 0 atom stereocenters. The smallest absolute Gasteiger partial charge is 0.272 e. The number of piperazine rings is 1. The zero-order valence-electron chi connectivity index (χ0n) is 14.2. The summed E-state index contributed by atoms with van der Waals surface area (Å²) in [5.41, 5.74) is 1.36. The number of nitrogens with zero attached hydrogens (tertiary/aromatic N) is 4. The fourth-order valence-electron chi connectivity index (χ4n) is 3.42. The minimum absolute atomic E-state index is 0.0284. The van der Waals surface area contributed by atoms with E-state index >= 15 is 0 Å². The van der Waals surface area contributed by atoms with Gasteiger partial charge in [0, 0.05) is 37.9 Å². The molecule has 1 aromatic rings. The van der Waals surface area contributed by atoms with Crippen molar-refractivity contribution in [2.75, 3.05) is 38.0 Å². The number of hydrogen-bond acceptors (Lipinski definition) is 5. The molecule has 0 bridgehead atoms. The Morgan fingerprint density at radius 1 is 1.22 bits per heavy atom. The van der Waals surface area contributed by atoms with Crippen molar-refractivity contribution in [3.8, 4) is 0 Å². The third-order valence-electron chi connectivity index (χ3n) is 4.87. The number of anilines is 1. The molecule has 1 aliphatic carbocycles. The number of hydrogen-bond donors (Lipinski definition) is 1. The summed E-state index contributed by atoms with van der Waals surface area (Å²) in [4.78, 5) is 25.9. The van der Waals surface area contributed by atoms with Crippen molar-refractivity contribution in [1.82, 2.24) is 19.8 Å². The highest BCUT2D eigenvalue weighted by Crippen LogP contribution is 2.21. The Bertz CT molecular complexity index is 548. The quantitative estimate of drug-likeness (QED) is 0.919. The van der Waals surface area contributed by atoms with Crippen molar-refractivity contribution in [2.24, 2.45) is 0 Å². The zero-order valence-corrected chi connectivity index (χ0v) is 14.2. The van der Waals surface area contributed by atoms with Crippen molar-refractivity contribution in [3.05, 3.63) is 17.5 Å². The molecule has 6 nitrogen and oxygen atoms in total.